The third-order valence-corrected chi connectivity index (χ3v) is 5.68. The first-order valence-corrected chi connectivity index (χ1v) is 9.57. The second-order valence-corrected chi connectivity index (χ2v) is 7.17. The fourth-order valence-electron chi connectivity index (χ4n) is 4.45. The van der Waals surface area contributed by atoms with E-state index < -0.39 is 0 Å². The van der Waals surface area contributed by atoms with Crippen LogP contribution in [0.15, 0.2) is 66.7 Å². The minimum atomic E-state index is -0.177. The SMILES string of the molecule is O=C1[C@@H](N2CCOCC2)[C@H](c2ccccc2)N2C(c3ccccc3)=CCN12. The molecule has 2 fully saturated rings. The van der Waals surface area contributed by atoms with Gasteiger partial charge in [0.25, 0.3) is 5.91 Å². The van der Waals surface area contributed by atoms with Crippen molar-refractivity contribution < 1.29 is 9.53 Å². The number of amides is 1. The first-order valence-electron chi connectivity index (χ1n) is 9.57. The van der Waals surface area contributed by atoms with Crippen LogP contribution in [0.2, 0.25) is 0 Å². The largest absolute Gasteiger partial charge is 0.379 e. The number of hydrogen-bond donors (Lipinski definition) is 0. The van der Waals surface area contributed by atoms with E-state index in [9.17, 15) is 4.79 Å². The van der Waals surface area contributed by atoms with Gasteiger partial charge < -0.3 is 4.74 Å². The van der Waals surface area contributed by atoms with Crippen LogP contribution >= 0.6 is 0 Å². The molecule has 0 aromatic heterocycles. The summed E-state index contributed by atoms with van der Waals surface area (Å²) in [7, 11) is 0. The zero-order valence-corrected chi connectivity index (χ0v) is 15.2. The molecule has 5 rings (SSSR count). The molecule has 0 bridgehead atoms. The van der Waals surface area contributed by atoms with Crippen LogP contribution < -0.4 is 0 Å². The summed E-state index contributed by atoms with van der Waals surface area (Å²) in [6.45, 7) is 3.60. The number of fused-ring (bicyclic) bond motifs is 1. The molecule has 2 atom stereocenters. The Labute approximate surface area is 159 Å². The van der Waals surface area contributed by atoms with Gasteiger partial charge in [0, 0.05) is 13.1 Å². The van der Waals surface area contributed by atoms with Gasteiger partial charge in [-0.25, -0.2) is 5.01 Å². The maximum atomic E-state index is 13.4. The zero-order chi connectivity index (χ0) is 18.2. The highest BCUT2D eigenvalue weighted by Gasteiger charge is 2.52. The van der Waals surface area contributed by atoms with Crippen molar-refractivity contribution in [3.05, 3.63) is 77.9 Å². The maximum Gasteiger partial charge on any atom is 0.261 e. The molecule has 2 saturated heterocycles. The van der Waals surface area contributed by atoms with Crippen molar-refractivity contribution in [3.8, 4) is 0 Å². The minimum absolute atomic E-state index is 0.0224. The van der Waals surface area contributed by atoms with Gasteiger partial charge in [-0.1, -0.05) is 60.7 Å². The average molecular weight is 361 g/mol. The predicted octanol–water partition coefficient (Wildman–Crippen LogP) is 2.54. The molecule has 5 heteroatoms. The lowest BCUT2D eigenvalue weighted by Gasteiger charge is -2.36. The summed E-state index contributed by atoms with van der Waals surface area (Å²) in [5, 5.41) is 4.13. The number of ether oxygens (including phenoxy) is 1. The van der Waals surface area contributed by atoms with Crippen LogP contribution in [0.3, 0.4) is 0 Å². The van der Waals surface area contributed by atoms with Gasteiger partial charge in [-0.15, -0.1) is 0 Å². The summed E-state index contributed by atoms with van der Waals surface area (Å²) in [4.78, 5) is 15.7. The molecule has 2 aromatic rings. The fourth-order valence-corrected chi connectivity index (χ4v) is 4.45. The van der Waals surface area contributed by atoms with Crippen LogP contribution in [-0.4, -0.2) is 59.7 Å². The van der Waals surface area contributed by atoms with Gasteiger partial charge in [-0.2, -0.15) is 0 Å². The summed E-state index contributed by atoms with van der Waals surface area (Å²) in [6.07, 6.45) is 2.17. The Balaban J connectivity index is 1.58. The number of morpholine rings is 1. The van der Waals surface area contributed by atoms with Crippen molar-refractivity contribution >= 4 is 11.6 Å². The zero-order valence-electron chi connectivity index (χ0n) is 15.2. The maximum absolute atomic E-state index is 13.4. The van der Waals surface area contributed by atoms with E-state index in [0.717, 1.165) is 24.4 Å². The molecule has 2 aromatic carbocycles. The lowest BCUT2D eigenvalue weighted by molar-refractivity contribution is -0.137. The monoisotopic (exact) mass is 361 g/mol. The first kappa shape index (κ1) is 16.5. The molecule has 0 N–H and O–H groups in total. The normalized spacial score (nSPS) is 25.6. The number of benzene rings is 2. The molecule has 3 aliphatic heterocycles. The standard InChI is InChI=1S/C22H23N3O2/c26-22-21(23-13-15-27-16-14-23)20(18-9-5-2-6-10-18)25-19(11-12-24(22)25)17-7-3-1-4-8-17/h1-11,20-21H,12-16H2/t20-,21-/m0/s1. The molecule has 3 heterocycles. The first-order chi connectivity index (χ1) is 13.3. The Hall–Kier alpha value is -2.63. The van der Waals surface area contributed by atoms with E-state index in [1.54, 1.807) is 0 Å². The molecule has 1 amide bonds. The summed E-state index contributed by atoms with van der Waals surface area (Å²) in [5.74, 6) is 0.188. The molecule has 3 aliphatic rings. The molecule has 138 valence electrons. The topological polar surface area (TPSA) is 36.0 Å². The van der Waals surface area contributed by atoms with E-state index in [-0.39, 0.29) is 18.0 Å². The van der Waals surface area contributed by atoms with Gasteiger partial charge in [0.2, 0.25) is 0 Å². The fraction of sp³-hybridized carbons (Fsp3) is 0.318. The van der Waals surface area contributed by atoms with Crippen LogP contribution in [-0.2, 0) is 9.53 Å². The summed E-state index contributed by atoms with van der Waals surface area (Å²) >= 11 is 0. The molecule has 0 aliphatic carbocycles. The van der Waals surface area contributed by atoms with E-state index in [1.165, 1.54) is 5.56 Å². The minimum Gasteiger partial charge on any atom is -0.379 e. The molecular weight excluding hydrogens is 338 g/mol. The average Bonchev–Trinajstić information content (AvgIpc) is 3.29. The van der Waals surface area contributed by atoms with E-state index in [1.807, 2.05) is 29.3 Å². The van der Waals surface area contributed by atoms with Crippen LogP contribution in [0.25, 0.3) is 5.70 Å². The molecule has 27 heavy (non-hydrogen) atoms. The van der Waals surface area contributed by atoms with Gasteiger partial charge in [0.15, 0.2) is 0 Å². The molecule has 0 unspecified atom stereocenters. The van der Waals surface area contributed by atoms with E-state index in [0.29, 0.717) is 19.8 Å². The molecule has 5 nitrogen and oxygen atoms in total. The van der Waals surface area contributed by atoms with Gasteiger partial charge in [0.1, 0.15) is 12.1 Å². The van der Waals surface area contributed by atoms with Crippen molar-refractivity contribution in [3.63, 3.8) is 0 Å². The van der Waals surface area contributed by atoms with Gasteiger partial charge in [-0.05, 0) is 17.2 Å². The van der Waals surface area contributed by atoms with E-state index in [4.69, 9.17) is 4.74 Å². The van der Waals surface area contributed by atoms with Gasteiger partial charge >= 0.3 is 0 Å². The smallest absolute Gasteiger partial charge is 0.261 e. The third-order valence-electron chi connectivity index (χ3n) is 5.68. The Morgan fingerprint density at radius 1 is 0.852 bits per heavy atom. The van der Waals surface area contributed by atoms with Crippen LogP contribution in [0.4, 0.5) is 0 Å². The number of carbonyl (C=O) groups is 1. The highest BCUT2D eigenvalue weighted by molar-refractivity contribution is 5.89. The summed E-state index contributed by atoms with van der Waals surface area (Å²) in [5.41, 5.74) is 3.44. The predicted molar refractivity (Wildman–Crippen MR) is 103 cm³/mol. The van der Waals surface area contributed by atoms with E-state index in [2.05, 4.69) is 52.4 Å². The molecule has 0 spiro atoms. The number of rotatable bonds is 3. The highest BCUT2D eigenvalue weighted by atomic mass is 16.5. The van der Waals surface area contributed by atoms with E-state index >= 15 is 0 Å². The lowest BCUT2D eigenvalue weighted by atomic mass is 9.96. The van der Waals surface area contributed by atoms with Crippen molar-refractivity contribution in [2.24, 2.45) is 0 Å². The third kappa shape index (κ3) is 2.74. The van der Waals surface area contributed by atoms with Crippen LogP contribution in [0.5, 0.6) is 0 Å². The van der Waals surface area contributed by atoms with Crippen molar-refractivity contribution in [1.82, 2.24) is 14.9 Å². The molecular formula is C22H23N3O2. The van der Waals surface area contributed by atoms with Crippen molar-refractivity contribution in [2.75, 3.05) is 32.8 Å². The van der Waals surface area contributed by atoms with Gasteiger partial charge in [0.05, 0.1) is 25.5 Å². The van der Waals surface area contributed by atoms with Crippen LogP contribution in [0, 0.1) is 0 Å². The molecule has 0 radical (unpaired) electrons. The van der Waals surface area contributed by atoms with Gasteiger partial charge in [-0.3, -0.25) is 14.7 Å². The Bertz CT molecular complexity index is 846. The second-order valence-electron chi connectivity index (χ2n) is 7.17. The molecule has 0 saturated carbocycles. The number of hydrogen-bond acceptors (Lipinski definition) is 4. The Morgan fingerprint density at radius 2 is 1.52 bits per heavy atom. The quantitative estimate of drug-likeness (QED) is 0.842. The highest BCUT2D eigenvalue weighted by Crippen LogP contribution is 2.44. The Morgan fingerprint density at radius 3 is 2.22 bits per heavy atom. The number of carbonyl (C=O) groups excluding carboxylic acids is 1. The summed E-state index contributed by atoms with van der Waals surface area (Å²) in [6, 6.07) is 20.6. The van der Waals surface area contributed by atoms with Crippen LogP contribution in [0.1, 0.15) is 17.2 Å². The lowest BCUT2D eigenvalue weighted by Crippen LogP contribution is -2.49. The van der Waals surface area contributed by atoms with Crippen molar-refractivity contribution in [1.29, 1.82) is 0 Å². The second kappa shape index (κ2) is 6.83. The van der Waals surface area contributed by atoms with Crippen molar-refractivity contribution in [2.45, 2.75) is 12.1 Å². The number of hydrazine groups is 1. The summed E-state index contributed by atoms with van der Waals surface area (Å²) < 4.78 is 5.53. The number of nitrogens with zero attached hydrogens (tertiary/aromatic N) is 3. The Kier molecular flexibility index (Phi) is 4.19.